The number of para-hydroxylation sites is 1. The van der Waals surface area contributed by atoms with Gasteiger partial charge in [0.25, 0.3) is 6.43 Å². The van der Waals surface area contributed by atoms with Gasteiger partial charge in [0.2, 0.25) is 0 Å². The second-order valence-electron chi connectivity index (χ2n) is 2.96. The molecule has 0 unspecified atom stereocenters. The molecule has 1 heterocycles. The molecule has 0 atom stereocenters. The molecule has 0 aliphatic heterocycles. The summed E-state index contributed by atoms with van der Waals surface area (Å²) in [5.41, 5.74) is 5.68. The summed E-state index contributed by atoms with van der Waals surface area (Å²) in [6.07, 6.45) is -2.63. The first-order valence-electron chi connectivity index (χ1n) is 4.12. The summed E-state index contributed by atoms with van der Waals surface area (Å²) >= 11 is 0. The van der Waals surface area contributed by atoms with Crippen molar-refractivity contribution >= 4 is 16.6 Å². The fourth-order valence-electron chi connectivity index (χ4n) is 1.32. The predicted molar refractivity (Wildman–Crippen MR) is 51.1 cm³/mol. The first-order chi connectivity index (χ1) is 6.68. The van der Waals surface area contributed by atoms with Gasteiger partial charge in [0.15, 0.2) is 0 Å². The Kier molecular flexibility index (Phi) is 2.04. The van der Waals surface area contributed by atoms with E-state index in [0.29, 0.717) is 5.52 Å². The Morgan fingerprint density at radius 2 is 1.93 bits per heavy atom. The SMILES string of the molecule is Nc1cc2ccccc2nc1C(F)F. The van der Waals surface area contributed by atoms with Crippen molar-refractivity contribution in [2.24, 2.45) is 0 Å². The van der Waals surface area contributed by atoms with Crippen LogP contribution in [0.2, 0.25) is 0 Å². The van der Waals surface area contributed by atoms with Crippen LogP contribution in [0.25, 0.3) is 10.9 Å². The Hall–Kier alpha value is -1.71. The molecule has 2 N–H and O–H groups in total. The third-order valence-electron chi connectivity index (χ3n) is 1.99. The van der Waals surface area contributed by atoms with Gasteiger partial charge >= 0.3 is 0 Å². The molecular formula is C10H8F2N2. The number of nitrogens with zero attached hydrogens (tertiary/aromatic N) is 1. The lowest BCUT2D eigenvalue weighted by atomic mass is 10.2. The quantitative estimate of drug-likeness (QED) is 0.758. The number of halogens is 2. The van der Waals surface area contributed by atoms with Crippen LogP contribution in [0.15, 0.2) is 30.3 Å². The number of pyridine rings is 1. The Bertz CT molecular complexity index is 469. The maximum absolute atomic E-state index is 12.4. The van der Waals surface area contributed by atoms with Gasteiger partial charge in [-0.3, -0.25) is 0 Å². The van der Waals surface area contributed by atoms with Gasteiger partial charge in [0.05, 0.1) is 11.2 Å². The maximum Gasteiger partial charge on any atom is 0.282 e. The zero-order valence-corrected chi connectivity index (χ0v) is 7.24. The van der Waals surface area contributed by atoms with Gasteiger partial charge in [-0.2, -0.15) is 0 Å². The number of rotatable bonds is 1. The number of nitrogen functional groups attached to an aromatic ring is 1. The zero-order chi connectivity index (χ0) is 10.1. The van der Waals surface area contributed by atoms with Gasteiger partial charge in [0.1, 0.15) is 5.69 Å². The molecule has 1 aromatic heterocycles. The van der Waals surface area contributed by atoms with E-state index in [4.69, 9.17) is 5.73 Å². The number of anilines is 1. The summed E-state index contributed by atoms with van der Waals surface area (Å²) in [4.78, 5) is 3.80. The zero-order valence-electron chi connectivity index (χ0n) is 7.24. The van der Waals surface area contributed by atoms with Gasteiger partial charge < -0.3 is 5.73 Å². The van der Waals surface area contributed by atoms with Crippen molar-refractivity contribution in [3.8, 4) is 0 Å². The summed E-state index contributed by atoms with van der Waals surface area (Å²) in [5.74, 6) is 0. The Balaban J connectivity index is 2.71. The van der Waals surface area contributed by atoms with Crippen LogP contribution in [-0.4, -0.2) is 4.98 Å². The minimum Gasteiger partial charge on any atom is -0.397 e. The lowest BCUT2D eigenvalue weighted by Gasteiger charge is -2.05. The summed E-state index contributed by atoms with van der Waals surface area (Å²) in [7, 11) is 0. The molecule has 2 rings (SSSR count). The third kappa shape index (κ3) is 1.39. The molecule has 0 saturated heterocycles. The molecule has 4 heteroatoms. The largest absolute Gasteiger partial charge is 0.397 e. The minimum atomic E-state index is -2.63. The average Bonchev–Trinajstić information content (AvgIpc) is 2.16. The maximum atomic E-state index is 12.4. The topological polar surface area (TPSA) is 38.9 Å². The first kappa shape index (κ1) is 8.87. The van der Waals surface area contributed by atoms with Crippen LogP contribution in [0.1, 0.15) is 12.1 Å². The molecule has 1 aromatic carbocycles. The summed E-state index contributed by atoms with van der Waals surface area (Å²) < 4.78 is 24.8. The Labute approximate surface area is 79.4 Å². The molecule has 0 aliphatic rings. The number of hydrogen-bond acceptors (Lipinski definition) is 2. The van der Waals surface area contributed by atoms with E-state index in [9.17, 15) is 8.78 Å². The highest BCUT2D eigenvalue weighted by Crippen LogP contribution is 2.26. The summed E-state index contributed by atoms with van der Waals surface area (Å²) in [6.45, 7) is 0. The molecule has 0 radical (unpaired) electrons. The monoisotopic (exact) mass is 194 g/mol. The number of aromatic nitrogens is 1. The van der Waals surface area contributed by atoms with Crippen LogP contribution in [0.3, 0.4) is 0 Å². The van der Waals surface area contributed by atoms with Crippen LogP contribution >= 0.6 is 0 Å². The van der Waals surface area contributed by atoms with Crippen LogP contribution in [0, 0.1) is 0 Å². The van der Waals surface area contributed by atoms with E-state index in [1.54, 1.807) is 18.2 Å². The van der Waals surface area contributed by atoms with E-state index >= 15 is 0 Å². The van der Waals surface area contributed by atoms with Crippen molar-refractivity contribution in [2.75, 3.05) is 5.73 Å². The lowest BCUT2D eigenvalue weighted by Crippen LogP contribution is -1.98. The second kappa shape index (κ2) is 3.21. The highest BCUT2D eigenvalue weighted by Gasteiger charge is 2.13. The lowest BCUT2D eigenvalue weighted by molar-refractivity contribution is 0.147. The summed E-state index contributed by atoms with van der Waals surface area (Å²) in [5, 5.41) is 0.773. The van der Waals surface area contributed by atoms with Gasteiger partial charge in [-0.05, 0) is 12.1 Å². The van der Waals surface area contributed by atoms with Crippen LogP contribution < -0.4 is 5.73 Å². The van der Waals surface area contributed by atoms with Gasteiger partial charge in [-0.15, -0.1) is 0 Å². The molecule has 2 nitrogen and oxygen atoms in total. The van der Waals surface area contributed by atoms with Crippen molar-refractivity contribution in [1.29, 1.82) is 0 Å². The van der Waals surface area contributed by atoms with E-state index in [-0.39, 0.29) is 11.4 Å². The van der Waals surface area contributed by atoms with E-state index in [1.807, 2.05) is 6.07 Å². The van der Waals surface area contributed by atoms with Gasteiger partial charge in [-0.1, -0.05) is 18.2 Å². The fraction of sp³-hybridized carbons (Fsp3) is 0.100. The fourth-order valence-corrected chi connectivity index (χ4v) is 1.32. The Morgan fingerprint density at radius 3 is 2.64 bits per heavy atom. The third-order valence-corrected chi connectivity index (χ3v) is 1.99. The van der Waals surface area contributed by atoms with Gasteiger partial charge in [0, 0.05) is 5.39 Å². The van der Waals surface area contributed by atoms with E-state index < -0.39 is 6.43 Å². The molecule has 2 aromatic rings. The van der Waals surface area contributed by atoms with Crippen LogP contribution in [0.5, 0.6) is 0 Å². The minimum absolute atomic E-state index is 0.0405. The average molecular weight is 194 g/mol. The highest BCUT2D eigenvalue weighted by molar-refractivity contribution is 5.82. The van der Waals surface area contributed by atoms with Crippen molar-refractivity contribution < 1.29 is 8.78 Å². The van der Waals surface area contributed by atoms with Crippen LogP contribution in [-0.2, 0) is 0 Å². The molecule has 0 bridgehead atoms. The molecule has 0 aliphatic carbocycles. The first-order valence-corrected chi connectivity index (χ1v) is 4.12. The molecule has 14 heavy (non-hydrogen) atoms. The van der Waals surface area contributed by atoms with E-state index in [0.717, 1.165) is 5.39 Å². The number of benzene rings is 1. The summed E-state index contributed by atoms with van der Waals surface area (Å²) in [6, 6.07) is 8.55. The molecule has 0 amide bonds. The number of fused-ring (bicyclic) bond motifs is 1. The predicted octanol–water partition coefficient (Wildman–Crippen LogP) is 2.75. The van der Waals surface area contributed by atoms with Crippen LogP contribution in [0.4, 0.5) is 14.5 Å². The highest BCUT2D eigenvalue weighted by atomic mass is 19.3. The molecule has 72 valence electrons. The molecule has 0 fully saturated rings. The molecule has 0 spiro atoms. The number of nitrogens with two attached hydrogens (primary N) is 1. The Morgan fingerprint density at radius 1 is 1.21 bits per heavy atom. The van der Waals surface area contributed by atoms with Gasteiger partial charge in [-0.25, -0.2) is 13.8 Å². The van der Waals surface area contributed by atoms with Crippen molar-refractivity contribution in [1.82, 2.24) is 4.98 Å². The standard InChI is InChI=1S/C10H8F2N2/c11-10(12)9-7(13)5-6-3-1-2-4-8(6)14-9/h1-5,10H,13H2. The number of hydrogen-bond donors (Lipinski definition) is 1. The van der Waals surface area contributed by atoms with Crippen molar-refractivity contribution in [3.63, 3.8) is 0 Å². The van der Waals surface area contributed by atoms with Crippen molar-refractivity contribution in [2.45, 2.75) is 6.43 Å². The molecule has 0 saturated carbocycles. The smallest absolute Gasteiger partial charge is 0.282 e. The molecular weight excluding hydrogens is 186 g/mol. The number of alkyl halides is 2. The normalized spacial score (nSPS) is 11.1. The second-order valence-corrected chi connectivity index (χ2v) is 2.96. The van der Waals surface area contributed by atoms with E-state index in [2.05, 4.69) is 4.98 Å². The van der Waals surface area contributed by atoms with Crippen molar-refractivity contribution in [3.05, 3.63) is 36.0 Å². The van der Waals surface area contributed by atoms with E-state index in [1.165, 1.54) is 6.07 Å².